The summed E-state index contributed by atoms with van der Waals surface area (Å²) in [6, 6.07) is 13.8. The fourth-order valence-electron chi connectivity index (χ4n) is 2.61. The molecule has 0 saturated heterocycles. The van der Waals surface area contributed by atoms with Gasteiger partial charge in [0.2, 0.25) is 0 Å². The monoisotopic (exact) mass is 364 g/mol. The molecule has 0 aliphatic heterocycles. The molecule has 0 radical (unpaired) electrons. The van der Waals surface area contributed by atoms with Crippen LogP contribution in [0.4, 0.5) is 0 Å². The van der Waals surface area contributed by atoms with Crippen molar-refractivity contribution in [2.24, 2.45) is 0 Å². The minimum absolute atomic E-state index is 0.207. The molecule has 6 heteroatoms. The first-order valence-corrected chi connectivity index (χ1v) is 9.71. The highest BCUT2D eigenvalue weighted by Gasteiger charge is 2.42. The maximum Gasteiger partial charge on any atom is 0.344 e. The predicted molar refractivity (Wildman–Crippen MR) is 98.9 cm³/mol. The highest BCUT2D eigenvalue weighted by atomic mass is 31.2. The number of hydrogen-bond donors (Lipinski definition) is 0. The zero-order valence-electron chi connectivity index (χ0n) is 15.3. The fraction of sp³-hybridized carbons (Fsp3) is 0.421. The molecule has 0 aromatic heterocycles. The van der Waals surface area contributed by atoms with Crippen LogP contribution in [0.1, 0.15) is 26.3 Å². The van der Waals surface area contributed by atoms with Gasteiger partial charge >= 0.3 is 13.6 Å². The summed E-state index contributed by atoms with van der Waals surface area (Å²) in [4.78, 5) is 12.6. The molecule has 2 aromatic rings. The Hall–Kier alpha value is -1.68. The Morgan fingerprint density at radius 1 is 1.04 bits per heavy atom. The third kappa shape index (κ3) is 4.91. The van der Waals surface area contributed by atoms with Crippen LogP contribution in [0, 0.1) is 0 Å². The molecule has 0 amide bonds. The molecule has 0 aliphatic carbocycles. The SMILES string of the molecule is COP(=O)(OC)C(Cc1ccc2ccccc2c1)C(=O)OC(C)(C)C. The second kappa shape index (κ2) is 7.69. The summed E-state index contributed by atoms with van der Waals surface area (Å²) < 4.78 is 28.5. The van der Waals surface area contributed by atoms with Crippen molar-refractivity contribution in [2.75, 3.05) is 14.2 Å². The van der Waals surface area contributed by atoms with Crippen molar-refractivity contribution >= 4 is 24.3 Å². The van der Waals surface area contributed by atoms with Crippen molar-refractivity contribution in [1.82, 2.24) is 0 Å². The van der Waals surface area contributed by atoms with Crippen LogP contribution >= 0.6 is 7.60 Å². The highest BCUT2D eigenvalue weighted by Crippen LogP contribution is 2.53. The lowest BCUT2D eigenvalue weighted by Crippen LogP contribution is -2.33. The first-order valence-electron chi connectivity index (χ1n) is 8.10. The summed E-state index contributed by atoms with van der Waals surface area (Å²) in [5.41, 5.74) is -0.850. The van der Waals surface area contributed by atoms with Gasteiger partial charge in [0.25, 0.3) is 0 Å². The summed E-state index contributed by atoms with van der Waals surface area (Å²) in [5, 5.41) is 2.15. The molecule has 0 fully saturated rings. The Morgan fingerprint density at radius 2 is 1.64 bits per heavy atom. The zero-order chi connectivity index (χ0) is 18.7. The summed E-state index contributed by atoms with van der Waals surface area (Å²) in [6.07, 6.45) is 0.207. The van der Waals surface area contributed by atoms with Crippen LogP contribution in [0.25, 0.3) is 10.8 Å². The zero-order valence-corrected chi connectivity index (χ0v) is 16.2. The van der Waals surface area contributed by atoms with Gasteiger partial charge in [-0.05, 0) is 43.5 Å². The average Bonchev–Trinajstić information content (AvgIpc) is 2.57. The van der Waals surface area contributed by atoms with Crippen LogP contribution in [-0.4, -0.2) is 31.4 Å². The normalized spacial score (nSPS) is 13.6. The van der Waals surface area contributed by atoms with E-state index in [1.807, 2.05) is 42.5 Å². The number of benzene rings is 2. The minimum Gasteiger partial charge on any atom is -0.459 e. The molecule has 0 N–H and O–H groups in total. The number of hydrogen-bond acceptors (Lipinski definition) is 5. The van der Waals surface area contributed by atoms with E-state index >= 15 is 0 Å². The van der Waals surface area contributed by atoms with Crippen LogP contribution in [0.5, 0.6) is 0 Å². The van der Waals surface area contributed by atoms with Crippen molar-refractivity contribution in [1.29, 1.82) is 0 Å². The van der Waals surface area contributed by atoms with E-state index in [0.29, 0.717) is 0 Å². The molecule has 2 rings (SSSR count). The van der Waals surface area contributed by atoms with Crippen molar-refractivity contribution in [2.45, 2.75) is 38.5 Å². The van der Waals surface area contributed by atoms with Gasteiger partial charge in [0, 0.05) is 14.2 Å². The first kappa shape index (κ1) is 19.6. The summed E-state index contributed by atoms with van der Waals surface area (Å²) >= 11 is 0. The molecule has 25 heavy (non-hydrogen) atoms. The average molecular weight is 364 g/mol. The Morgan fingerprint density at radius 3 is 2.20 bits per heavy atom. The molecule has 0 spiro atoms. The first-order chi connectivity index (χ1) is 11.7. The molecule has 0 bridgehead atoms. The Bertz CT molecular complexity index is 786. The van der Waals surface area contributed by atoms with Crippen LogP contribution in [0.2, 0.25) is 0 Å². The molecule has 1 atom stereocenters. The highest BCUT2D eigenvalue weighted by molar-refractivity contribution is 7.55. The van der Waals surface area contributed by atoms with Crippen LogP contribution in [0.3, 0.4) is 0 Å². The summed E-state index contributed by atoms with van der Waals surface area (Å²) in [5.74, 6) is -0.590. The number of carbonyl (C=O) groups is 1. The number of ether oxygens (including phenoxy) is 1. The molecule has 136 valence electrons. The number of rotatable bonds is 6. The number of carbonyl (C=O) groups excluding carboxylic acids is 1. The van der Waals surface area contributed by atoms with Crippen LogP contribution < -0.4 is 0 Å². The van der Waals surface area contributed by atoms with E-state index < -0.39 is 24.8 Å². The van der Waals surface area contributed by atoms with Crippen molar-refractivity contribution in [3.8, 4) is 0 Å². The van der Waals surface area contributed by atoms with E-state index in [0.717, 1.165) is 16.3 Å². The van der Waals surface area contributed by atoms with Crippen molar-refractivity contribution in [3.63, 3.8) is 0 Å². The lowest BCUT2D eigenvalue weighted by molar-refractivity contribution is -0.154. The van der Waals surface area contributed by atoms with Gasteiger partial charge in [0.1, 0.15) is 5.60 Å². The van der Waals surface area contributed by atoms with E-state index in [-0.39, 0.29) is 6.42 Å². The molecular formula is C19H25O5P. The smallest absolute Gasteiger partial charge is 0.344 e. The summed E-state index contributed by atoms with van der Waals surface area (Å²) in [7, 11) is -1.07. The Balaban J connectivity index is 2.37. The standard InChI is InChI=1S/C19H25O5P/c1-19(2,3)24-18(20)17(25(21,22-4)23-5)13-14-10-11-15-8-6-7-9-16(15)12-14/h6-12,17H,13H2,1-5H3. The van der Waals surface area contributed by atoms with Crippen molar-refractivity contribution < 1.29 is 23.1 Å². The lowest BCUT2D eigenvalue weighted by Gasteiger charge is -2.27. The van der Waals surface area contributed by atoms with E-state index in [4.69, 9.17) is 13.8 Å². The van der Waals surface area contributed by atoms with Gasteiger partial charge in [-0.1, -0.05) is 42.5 Å². The largest absolute Gasteiger partial charge is 0.459 e. The van der Waals surface area contributed by atoms with E-state index in [1.165, 1.54) is 14.2 Å². The van der Waals surface area contributed by atoms with Gasteiger partial charge in [-0.3, -0.25) is 9.36 Å². The van der Waals surface area contributed by atoms with Gasteiger partial charge < -0.3 is 13.8 Å². The van der Waals surface area contributed by atoms with E-state index in [1.54, 1.807) is 20.8 Å². The predicted octanol–water partition coefficient (Wildman–Crippen LogP) is 4.58. The van der Waals surface area contributed by atoms with E-state index in [2.05, 4.69) is 0 Å². The van der Waals surface area contributed by atoms with E-state index in [9.17, 15) is 9.36 Å². The van der Waals surface area contributed by atoms with Gasteiger partial charge in [0.15, 0.2) is 5.66 Å². The number of fused-ring (bicyclic) bond motifs is 1. The van der Waals surface area contributed by atoms with Gasteiger partial charge in [-0.2, -0.15) is 0 Å². The lowest BCUT2D eigenvalue weighted by atomic mass is 10.0. The second-order valence-electron chi connectivity index (χ2n) is 6.84. The Kier molecular flexibility index (Phi) is 6.04. The third-order valence-electron chi connectivity index (χ3n) is 3.81. The maximum atomic E-state index is 12.9. The van der Waals surface area contributed by atoms with Crippen LogP contribution in [0.15, 0.2) is 42.5 Å². The fourth-order valence-corrected chi connectivity index (χ4v) is 4.02. The Labute approximate surface area is 148 Å². The maximum absolute atomic E-state index is 12.9. The number of esters is 1. The molecular weight excluding hydrogens is 339 g/mol. The molecule has 0 heterocycles. The minimum atomic E-state index is -3.63. The molecule has 1 unspecified atom stereocenters. The summed E-state index contributed by atoms with van der Waals surface area (Å²) in [6.45, 7) is 5.30. The molecule has 2 aromatic carbocycles. The van der Waals surface area contributed by atoms with Gasteiger partial charge in [-0.15, -0.1) is 0 Å². The van der Waals surface area contributed by atoms with Crippen molar-refractivity contribution in [3.05, 3.63) is 48.0 Å². The third-order valence-corrected chi connectivity index (χ3v) is 5.99. The second-order valence-corrected chi connectivity index (χ2v) is 9.27. The van der Waals surface area contributed by atoms with Gasteiger partial charge in [0.05, 0.1) is 0 Å². The molecule has 5 nitrogen and oxygen atoms in total. The van der Waals surface area contributed by atoms with Gasteiger partial charge in [-0.25, -0.2) is 0 Å². The van der Waals surface area contributed by atoms with Crippen LogP contribution in [-0.2, 0) is 29.6 Å². The molecule has 0 saturated carbocycles. The quantitative estimate of drug-likeness (QED) is 0.555. The molecule has 0 aliphatic rings. The topological polar surface area (TPSA) is 61.8 Å².